The fourth-order valence-corrected chi connectivity index (χ4v) is 1.79. The van der Waals surface area contributed by atoms with E-state index < -0.39 is 35.4 Å². The smallest absolute Gasteiger partial charge is 0.420 e. The molecule has 2 amide bonds. The lowest BCUT2D eigenvalue weighted by Gasteiger charge is -2.31. The molecule has 7 heteroatoms. The Balaban J connectivity index is 5.76. The lowest BCUT2D eigenvalue weighted by molar-refractivity contribution is -0.146. The Labute approximate surface area is 150 Å². The second kappa shape index (κ2) is 9.44. The summed E-state index contributed by atoms with van der Waals surface area (Å²) in [5, 5.41) is 0. The average Bonchev–Trinajstić information content (AvgIpc) is 2.41. The third-order valence-electron chi connectivity index (χ3n) is 2.73. The van der Waals surface area contributed by atoms with E-state index >= 15 is 0 Å². The molecule has 0 rings (SSSR count). The summed E-state index contributed by atoms with van der Waals surface area (Å²) in [6, 6.07) is -1.17. The SMILES string of the molecule is CC/C=C/C[C@@H](C(=O)OC)N(C(=O)OC(C)(C)C)C(=O)OC(C)(C)C. The highest BCUT2D eigenvalue weighted by Crippen LogP contribution is 2.19. The first-order valence-corrected chi connectivity index (χ1v) is 8.30. The highest BCUT2D eigenvalue weighted by molar-refractivity contribution is 5.94. The molecule has 144 valence electrons. The highest BCUT2D eigenvalue weighted by atomic mass is 16.6. The number of imide groups is 1. The number of esters is 1. The van der Waals surface area contributed by atoms with Crippen molar-refractivity contribution in [3.8, 4) is 0 Å². The molecule has 25 heavy (non-hydrogen) atoms. The van der Waals surface area contributed by atoms with Crippen molar-refractivity contribution in [2.24, 2.45) is 0 Å². The lowest BCUT2D eigenvalue weighted by atomic mass is 10.1. The molecule has 0 bridgehead atoms. The van der Waals surface area contributed by atoms with Crippen LogP contribution in [0.3, 0.4) is 0 Å². The van der Waals surface area contributed by atoms with E-state index in [0.717, 1.165) is 6.42 Å². The van der Waals surface area contributed by atoms with Crippen LogP contribution in [0.15, 0.2) is 12.2 Å². The molecule has 0 heterocycles. The average molecular weight is 357 g/mol. The van der Waals surface area contributed by atoms with Crippen molar-refractivity contribution in [3.05, 3.63) is 12.2 Å². The van der Waals surface area contributed by atoms with Crippen molar-refractivity contribution in [2.75, 3.05) is 7.11 Å². The van der Waals surface area contributed by atoms with Gasteiger partial charge < -0.3 is 14.2 Å². The van der Waals surface area contributed by atoms with Gasteiger partial charge in [-0.05, 0) is 54.4 Å². The van der Waals surface area contributed by atoms with E-state index in [2.05, 4.69) is 0 Å². The Morgan fingerprint density at radius 1 is 0.920 bits per heavy atom. The van der Waals surface area contributed by atoms with Crippen LogP contribution in [0.5, 0.6) is 0 Å². The topological polar surface area (TPSA) is 82.1 Å². The predicted molar refractivity (Wildman–Crippen MR) is 94.2 cm³/mol. The standard InChI is InChI=1S/C18H31NO6/c1-9-10-11-12-13(14(20)23-8)19(15(21)24-17(2,3)4)16(22)25-18(5,6)7/h10-11,13H,9,12H2,1-8H3/b11-10+/t13-/m0/s1. The van der Waals surface area contributed by atoms with Gasteiger partial charge in [0.15, 0.2) is 0 Å². The van der Waals surface area contributed by atoms with E-state index in [9.17, 15) is 14.4 Å². The number of amides is 2. The van der Waals surface area contributed by atoms with Crippen molar-refractivity contribution in [1.82, 2.24) is 4.90 Å². The molecule has 0 unspecified atom stereocenters. The van der Waals surface area contributed by atoms with Gasteiger partial charge in [0.25, 0.3) is 0 Å². The van der Waals surface area contributed by atoms with Gasteiger partial charge in [0.05, 0.1) is 7.11 Å². The third kappa shape index (κ3) is 9.12. The molecule has 0 aromatic rings. The van der Waals surface area contributed by atoms with Crippen LogP contribution in [0.2, 0.25) is 0 Å². The van der Waals surface area contributed by atoms with Crippen molar-refractivity contribution < 1.29 is 28.6 Å². The minimum Gasteiger partial charge on any atom is -0.467 e. The molecule has 0 radical (unpaired) electrons. The summed E-state index contributed by atoms with van der Waals surface area (Å²) >= 11 is 0. The summed E-state index contributed by atoms with van der Waals surface area (Å²) in [4.78, 5) is 38.0. The molecular formula is C18H31NO6. The number of hydrogen-bond acceptors (Lipinski definition) is 6. The molecule has 0 aliphatic rings. The predicted octanol–water partition coefficient (Wildman–Crippen LogP) is 4.06. The van der Waals surface area contributed by atoms with Gasteiger partial charge in [0, 0.05) is 0 Å². The monoisotopic (exact) mass is 357 g/mol. The van der Waals surface area contributed by atoms with Gasteiger partial charge >= 0.3 is 18.2 Å². The van der Waals surface area contributed by atoms with Gasteiger partial charge in [-0.1, -0.05) is 19.1 Å². The van der Waals surface area contributed by atoms with Gasteiger partial charge in [-0.2, -0.15) is 4.90 Å². The Kier molecular flexibility index (Phi) is 8.66. The maximum absolute atomic E-state index is 12.6. The van der Waals surface area contributed by atoms with Crippen LogP contribution in [0.4, 0.5) is 9.59 Å². The van der Waals surface area contributed by atoms with E-state index in [1.165, 1.54) is 7.11 Å². The summed E-state index contributed by atoms with van der Waals surface area (Å²) < 4.78 is 15.3. The van der Waals surface area contributed by atoms with E-state index in [1.807, 2.05) is 13.0 Å². The molecule has 0 saturated carbocycles. The maximum Gasteiger partial charge on any atom is 0.420 e. The van der Waals surface area contributed by atoms with Crippen molar-refractivity contribution in [3.63, 3.8) is 0 Å². The third-order valence-corrected chi connectivity index (χ3v) is 2.73. The van der Waals surface area contributed by atoms with E-state index in [0.29, 0.717) is 4.90 Å². The molecular weight excluding hydrogens is 326 g/mol. The van der Waals surface area contributed by atoms with Crippen molar-refractivity contribution in [2.45, 2.75) is 78.6 Å². The van der Waals surface area contributed by atoms with Crippen LogP contribution in [0.1, 0.15) is 61.3 Å². The lowest BCUT2D eigenvalue weighted by Crippen LogP contribution is -2.52. The first-order chi connectivity index (χ1) is 11.3. The van der Waals surface area contributed by atoms with Gasteiger partial charge in [-0.15, -0.1) is 0 Å². The van der Waals surface area contributed by atoms with Crippen molar-refractivity contribution >= 4 is 18.2 Å². The maximum atomic E-state index is 12.6. The minimum absolute atomic E-state index is 0.110. The highest BCUT2D eigenvalue weighted by Gasteiger charge is 2.40. The van der Waals surface area contributed by atoms with Crippen LogP contribution in [-0.4, -0.2) is 47.4 Å². The number of methoxy groups -OCH3 is 1. The quantitative estimate of drug-likeness (QED) is 0.419. The zero-order chi connectivity index (χ0) is 19.8. The molecule has 0 N–H and O–H groups in total. The molecule has 0 aromatic carbocycles. The minimum atomic E-state index is -1.17. The zero-order valence-corrected chi connectivity index (χ0v) is 16.5. The molecule has 1 atom stereocenters. The van der Waals surface area contributed by atoms with Crippen LogP contribution in [0.25, 0.3) is 0 Å². The Bertz CT molecular complexity index is 471. The summed E-state index contributed by atoms with van der Waals surface area (Å²) in [5.41, 5.74) is -1.67. The first kappa shape index (κ1) is 22.9. The number of ether oxygens (including phenoxy) is 3. The molecule has 0 spiro atoms. The van der Waals surface area contributed by atoms with Crippen LogP contribution >= 0.6 is 0 Å². The van der Waals surface area contributed by atoms with Crippen LogP contribution in [-0.2, 0) is 19.0 Å². The zero-order valence-electron chi connectivity index (χ0n) is 16.5. The molecule has 7 nitrogen and oxygen atoms in total. The number of hydrogen-bond donors (Lipinski definition) is 0. The normalized spacial score (nSPS) is 13.3. The van der Waals surface area contributed by atoms with E-state index in [1.54, 1.807) is 47.6 Å². The Morgan fingerprint density at radius 3 is 1.68 bits per heavy atom. The van der Waals surface area contributed by atoms with Crippen LogP contribution in [0, 0.1) is 0 Å². The van der Waals surface area contributed by atoms with Crippen molar-refractivity contribution in [1.29, 1.82) is 0 Å². The second-order valence-corrected chi connectivity index (χ2v) is 7.48. The Morgan fingerprint density at radius 2 is 1.36 bits per heavy atom. The number of allylic oxidation sites excluding steroid dienone is 1. The first-order valence-electron chi connectivity index (χ1n) is 8.30. The number of nitrogens with zero attached hydrogens (tertiary/aromatic N) is 1. The fourth-order valence-electron chi connectivity index (χ4n) is 1.79. The molecule has 0 fully saturated rings. The van der Waals surface area contributed by atoms with E-state index in [4.69, 9.17) is 14.2 Å². The Hall–Kier alpha value is -2.05. The van der Waals surface area contributed by atoms with Gasteiger partial charge in [-0.3, -0.25) is 0 Å². The van der Waals surface area contributed by atoms with Gasteiger partial charge in [-0.25, -0.2) is 14.4 Å². The van der Waals surface area contributed by atoms with E-state index in [-0.39, 0.29) is 6.42 Å². The largest absolute Gasteiger partial charge is 0.467 e. The van der Waals surface area contributed by atoms with Crippen LogP contribution < -0.4 is 0 Å². The summed E-state index contributed by atoms with van der Waals surface area (Å²) in [6.45, 7) is 11.9. The number of rotatable bonds is 5. The summed E-state index contributed by atoms with van der Waals surface area (Å²) in [6.07, 6.45) is 2.50. The summed E-state index contributed by atoms with van der Waals surface area (Å²) in [7, 11) is 1.20. The molecule has 0 saturated heterocycles. The molecule has 0 aliphatic carbocycles. The number of carbonyl (C=O) groups is 3. The summed E-state index contributed by atoms with van der Waals surface area (Å²) in [5.74, 6) is -0.725. The fraction of sp³-hybridized carbons (Fsp3) is 0.722. The number of carbonyl (C=O) groups excluding carboxylic acids is 3. The molecule has 0 aromatic heterocycles. The van der Waals surface area contributed by atoms with Gasteiger partial charge in [0.1, 0.15) is 17.2 Å². The van der Waals surface area contributed by atoms with Gasteiger partial charge in [0.2, 0.25) is 0 Å². The molecule has 0 aliphatic heterocycles. The second-order valence-electron chi connectivity index (χ2n) is 7.48.